The summed E-state index contributed by atoms with van der Waals surface area (Å²) in [7, 11) is -4.67. The Kier molecular flexibility index (Phi) is 7.19. The van der Waals surface area contributed by atoms with Crippen LogP contribution in [0.3, 0.4) is 0 Å². The number of rotatable bonds is 7. The Hall–Kier alpha value is -2.76. The van der Waals surface area contributed by atoms with Crippen LogP contribution in [0, 0.1) is 11.8 Å². The highest BCUT2D eigenvalue weighted by molar-refractivity contribution is 7.46. The van der Waals surface area contributed by atoms with Crippen LogP contribution in [0.2, 0.25) is 0 Å². The summed E-state index contributed by atoms with van der Waals surface area (Å²) in [6.07, 6.45) is 3.03. The molecule has 0 radical (unpaired) electrons. The molecule has 0 amide bonds. The molecule has 3 rings (SSSR count). The Morgan fingerprint density at radius 2 is 1.63 bits per heavy atom. The van der Waals surface area contributed by atoms with E-state index in [1.807, 2.05) is 48.5 Å². The average molecular weight is 428 g/mol. The molecule has 8 nitrogen and oxygen atoms in total. The summed E-state index contributed by atoms with van der Waals surface area (Å²) in [6, 6.07) is 14.3. The number of phosphoric ester groups is 1. The Bertz CT molecular complexity index is 1080. The second-order valence-corrected chi connectivity index (χ2v) is 7.65. The summed E-state index contributed by atoms with van der Waals surface area (Å²) in [5, 5.41) is 18.5. The van der Waals surface area contributed by atoms with Crippen molar-refractivity contribution in [3.05, 3.63) is 77.9 Å². The number of imidazole rings is 1. The molecule has 9 heteroatoms. The van der Waals surface area contributed by atoms with Crippen LogP contribution < -0.4 is 0 Å². The molecule has 0 fully saturated rings. The summed E-state index contributed by atoms with van der Waals surface area (Å²) >= 11 is 0. The molecule has 30 heavy (non-hydrogen) atoms. The lowest BCUT2D eigenvalue weighted by molar-refractivity contribution is 0.179. The quantitative estimate of drug-likeness (QED) is 0.336. The van der Waals surface area contributed by atoms with E-state index in [-0.39, 0.29) is 19.8 Å². The molecule has 0 aliphatic heterocycles. The standard InChI is InChI=1S/C21H21N2O6P/c24-13-17-3-8-19(9-4-17)18-6-1-16(2-7-18)5-10-20(15-29-30(26,27)28)23-12-11-22-21(23)14-25/h1-4,6-9,11-12,20,24-25H,13-15H2,(H2,26,27,28). The molecule has 3 aromatic rings. The van der Waals surface area contributed by atoms with Gasteiger partial charge in [0.25, 0.3) is 0 Å². The van der Waals surface area contributed by atoms with Gasteiger partial charge in [-0.1, -0.05) is 48.2 Å². The Morgan fingerprint density at radius 1 is 1.00 bits per heavy atom. The van der Waals surface area contributed by atoms with Gasteiger partial charge >= 0.3 is 7.82 Å². The first kappa shape index (κ1) is 21.9. The summed E-state index contributed by atoms with van der Waals surface area (Å²) in [5.41, 5.74) is 3.54. The fourth-order valence-corrected chi connectivity index (χ4v) is 3.16. The second kappa shape index (κ2) is 9.83. The highest BCUT2D eigenvalue weighted by atomic mass is 31.2. The molecule has 0 aliphatic carbocycles. The minimum Gasteiger partial charge on any atom is -0.392 e. The van der Waals surface area contributed by atoms with Crippen molar-refractivity contribution in [3.8, 4) is 23.0 Å². The van der Waals surface area contributed by atoms with Gasteiger partial charge in [0.2, 0.25) is 0 Å². The third kappa shape index (κ3) is 5.88. The minimum absolute atomic E-state index is 0.00336. The minimum atomic E-state index is -4.67. The maximum absolute atomic E-state index is 11.1. The first-order valence-electron chi connectivity index (χ1n) is 9.04. The predicted molar refractivity (Wildman–Crippen MR) is 110 cm³/mol. The molecule has 0 spiro atoms. The molecule has 1 heterocycles. The predicted octanol–water partition coefficient (Wildman–Crippen LogP) is 2.24. The fourth-order valence-electron chi connectivity index (χ4n) is 2.82. The van der Waals surface area contributed by atoms with Gasteiger partial charge in [-0.05, 0) is 28.8 Å². The van der Waals surface area contributed by atoms with Gasteiger partial charge in [0, 0.05) is 18.0 Å². The molecule has 0 bridgehead atoms. The van der Waals surface area contributed by atoms with Crippen molar-refractivity contribution >= 4 is 7.82 Å². The van der Waals surface area contributed by atoms with Crippen molar-refractivity contribution in [1.29, 1.82) is 0 Å². The van der Waals surface area contributed by atoms with Gasteiger partial charge in [-0.25, -0.2) is 9.55 Å². The average Bonchev–Trinajstić information content (AvgIpc) is 3.22. The van der Waals surface area contributed by atoms with E-state index in [1.54, 1.807) is 6.20 Å². The molecule has 156 valence electrons. The lowest BCUT2D eigenvalue weighted by atomic mass is 10.0. The smallest absolute Gasteiger partial charge is 0.392 e. The maximum atomic E-state index is 11.1. The van der Waals surface area contributed by atoms with Gasteiger partial charge in [0.1, 0.15) is 18.5 Å². The zero-order chi connectivity index (χ0) is 21.6. The first-order valence-corrected chi connectivity index (χ1v) is 10.6. The molecule has 1 atom stereocenters. The summed E-state index contributed by atoms with van der Waals surface area (Å²) in [5.74, 6) is 6.21. The zero-order valence-electron chi connectivity index (χ0n) is 15.9. The first-order chi connectivity index (χ1) is 14.4. The van der Waals surface area contributed by atoms with Crippen LogP contribution in [-0.4, -0.2) is 36.2 Å². The van der Waals surface area contributed by atoms with E-state index in [2.05, 4.69) is 21.3 Å². The molecule has 1 aromatic heterocycles. The Morgan fingerprint density at radius 3 is 2.20 bits per heavy atom. The Labute approximate surface area is 173 Å². The summed E-state index contributed by atoms with van der Waals surface area (Å²) in [4.78, 5) is 22.0. The van der Waals surface area contributed by atoms with Crippen molar-refractivity contribution in [2.24, 2.45) is 0 Å². The van der Waals surface area contributed by atoms with E-state index >= 15 is 0 Å². The largest absolute Gasteiger partial charge is 0.469 e. The van der Waals surface area contributed by atoms with Crippen LogP contribution in [0.1, 0.15) is 23.0 Å². The third-order valence-electron chi connectivity index (χ3n) is 4.36. The number of hydrogen-bond donors (Lipinski definition) is 4. The molecule has 0 aliphatic rings. The van der Waals surface area contributed by atoms with E-state index in [1.165, 1.54) is 10.8 Å². The lowest BCUT2D eigenvalue weighted by Crippen LogP contribution is -2.15. The lowest BCUT2D eigenvalue weighted by Gasteiger charge is -2.15. The van der Waals surface area contributed by atoms with E-state index in [4.69, 9.17) is 14.9 Å². The number of benzene rings is 2. The normalized spacial score (nSPS) is 12.3. The number of aliphatic hydroxyl groups is 2. The summed E-state index contributed by atoms with van der Waals surface area (Å²) in [6.45, 7) is -0.711. The van der Waals surface area contributed by atoms with Gasteiger partial charge < -0.3 is 24.6 Å². The van der Waals surface area contributed by atoms with Crippen molar-refractivity contribution in [2.45, 2.75) is 19.3 Å². The molecule has 0 saturated carbocycles. The third-order valence-corrected chi connectivity index (χ3v) is 4.85. The molecule has 0 saturated heterocycles. The van der Waals surface area contributed by atoms with Crippen LogP contribution in [-0.2, 0) is 22.3 Å². The van der Waals surface area contributed by atoms with Crippen molar-refractivity contribution in [1.82, 2.24) is 9.55 Å². The van der Waals surface area contributed by atoms with Crippen molar-refractivity contribution in [2.75, 3.05) is 6.61 Å². The SMILES string of the molecule is O=P(O)(O)OCC(C#Cc1ccc(-c2ccc(CO)cc2)cc1)n1ccnc1CO. The second-order valence-electron chi connectivity index (χ2n) is 6.41. The van der Waals surface area contributed by atoms with Gasteiger partial charge in [0.05, 0.1) is 13.2 Å². The molecule has 4 N–H and O–H groups in total. The van der Waals surface area contributed by atoms with Crippen LogP contribution in [0.4, 0.5) is 0 Å². The van der Waals surface area contributed by atoms with Gasteiger partial charge in [0.15, 0.2) is 0 Å². The van der Waals surface area contributed by atoms with Crippen LogP contribution >= 0.6 is 7.82 Å². The van der Waals surface area contributed by atoms with Gasteiger partial charge in [-0.15, -0.1) is 0 Å². The van der Waals surface area contributed by atoms with Crippen molar-refractivity contribution in [3.63, 3.8) is 0 Å². The number of nitrogens with zero attached hydrogens (tertiary/aromatic N) is 2. The van der Waals surface area contributed by atoms with E-state index in [9.17, 15) is 9.67 Å². The molecular weight excluding hydrogens is 407 g/mol. The maximum Gasteiger partial charge on any atom is 0.469 e. The van der Waals surface area contributed by atoms with Crippen LogP contribution in [0.15, 0.2) is 60.9 Å². The van der Waals surface area contributed by atoms with Gasteiger partial charge in [-0.3, -0.25) is 4.52 Å². The topological polar surface area (TPSA) is 125 Å². The monoisotopic (exact) mass is 428 g/mol. The van der Waals surface area contributed by atoms with Gasteiger partial charge in [-0.2, -0.15) is 0 Å². The van der Waals surface area contributed by atoms with E-state index in [0.717, 1.165) is 16.7 Å². The van der Waals surface area contributed by atoms with Crippen LogP contribution in [0.25, 0.3) is 11.1 Å². The zero-order valence-corrected chi connectivity index (χ0v) is 16.8. The number of aromatic nitrogens is 2. The molecule has 2 aromatic carbocycles. The fraction of sp³-hybridized carbons (Fsp3) is 0.190. The molecular formula is C21H21N2O6P. The van der Waals surface area contributed by atoms with E-state index < -0.39 is 13.9 Å². The number of hydrogen-bond acceptors (Lipinski definition) is 5. The summed E-state index contributed by atoms with van der Waals surface area (Å²) < 4.78 is 17.2. The number of aliphatic hydroxyl groups excluding tert-OH is 2. The van der Waals surface area contributed by atoms with E-state index in [0.29, 0.717) is 11.4 Å². The Balaban J connectivity index is 1.81. The number of phosphoric acid groups is 1. The highest BCUT2D eigenvalue weighted by Gasteiger charge is 2.19. The van der Waals surface area contributed by atoms with Crippen molar-refractivity contribution < 1.29 is 29.1 Å². The highest BCUT2D eigenvalue weighted by Crippen LogP contribution is 2.36. The molecule has 1 unspecified atom stereocenters. The van der Waals surface area contributed by atoms with Crippen LogP contribution in [0.5, 0.6) is 0 Å².